The van der Waals surface area contributed by atoms with E-state index in [1.807, 2.05) is 6.07 Å². The molecule has 0 bridgehead atoms. The zero-order chi connectivity index (χ0) is 13.7. The molecule has 1 aromatic rings. The van der Waals surface area contributed by atoms with Gasteiger partial charge in [-0.25, -0.2) is 4.39 Å². The topological polar surface area (TPSA) is 49.5 Å². The van der Waals surface area contributed by atoms with Gasteiger partial charge < -0.3 is 10.8 Å². The number of hydrogen-bond donors (Lipinski definition) is 2. The molecule has 1 aromatic carbocycles. The van der Waals surface area contributed by atoms with Crippen LogP contribution in [0.1, 0.15) is 37.3 Å². The van der Waals surface area contributed by atoms with E-state index in [-0.39, 0.29) is 18.5 Å². The Bertz CT molecular complexity index is 393. The molecule has 0 aliphatic heterocycles. The summed E-state index contributed by atoms with van der Waals surface area (Å²) in [6, 6.07) is 7.09. The van der Waals surface area contributed by atoms with Gasteiger partial charge in [0, 0.05) is 25.2 Å². The lowest BCUT2D eigenvalue weighted by atomic mass is 10.0. The number of rotatable bonds is 6. The molecule has 1 unspecified atom stereocenters. The van der Waals surface area contributed by atoms with Crippen LogP contribution in [-0.2, 0) is 0 Å². The SMILES string of the molecule is NCC(c1cccc(F)c1)N(CCO)C1CCCC1. The summed E-state index contributed by atoms with van der Waals surface area (Å²) in [5.74, 6) is -0.230. The number of benzene rings is 1. The molecule has 2 rings (SSSR count). The lowest BCUT2D eigenvalue weighted by Gasteiger charge is -2.35. The Labute approximate surface area is 114 Å². The molecular formula is C15H23FN2O. The van der Waals surface area contributed by atoms with Crippen molar-refractivity contribution in [1.29, 1.82) is 0 Å². The Kier molecular flexibility index (Phi) is 5.31. The second kappa shape index (κ2) is 6.98. The molecule has 1 saturated carbocycles. The number of aliphatic hydroxyl groups excluding tert-OH is 1. The maximum atomic E-state index is 13.4. The lowest BCUT2D eigenvalue weighted by Crippen LogP contribution is -2.42. The Hall–Kier alpha value is -0.970. The first-order valence-corrected chi connectivity index (χ1v) is 7.08. The van der Waals surface area contributed by atoms with Crippen LogP contribution in [0.3, 0.4) is 0 Å². The average Bonchev–Trinajstić information content (AvgIpc) is 2.92. The summed E-state index contributed by atoms with van der Waals surface area (Å²) in [4.78, 5) is 2.25. The molecule has 1 atom stereocenters. The van der Waals surface area contributed by atoms with Crippen molar-refractivity contribution in [1.82, 2.24) is 4.90 Å². The van der Waals surface area contributed by atoms with Gasteiger partial charge >= 0.3 is 0 Å². The van der Waals surface area contributed by atoms with E-state index < -0.39 is 0 Å². The maximum Gasteiger partial charge on any atom is 0.123 e. The Morgan fingerprint density at radius 2 is 2.11 bits per heavy atom. The molecule has 0 aromatic heterocycles. The molecule has 0 saturated heterocycles. The van der Waals surface area contributed by atoms with Gasteiger partial charge in [0.1, 0.15) is 5.82 Å². The minimum absolute atomic E-state index is 0.00838. The fourth-order valence-electron chi connectivity index (χ4n) is 3.12. The van der Waals surface area contributed by atoms with Crippen LogP contribution in [0.25, 0.3) is 0 Å². The van der Waals surface area contributed by atoms with Gasteiger partial charge in [0.2, 0.25) is 0 Å². The van der Waals surface area contributed by atoms with Crippen molar-refractivity contribution < 1.29 is 9.50 Å². The molecule has 1 aliphatic rings. The van der Waals surface area contributed by atoms with Crippen molar-refractivity contribution in [3.63, 3.8) is 0 Å². The minimum Gasteiger partial charge on any atom is -0.395 e. The van der Waals surface area contributed by atoms with Gasteiger partial charge in [-0.2, -0.15) is 0 Å². The fourth-order valence-corrected chi connectivity index (χ4v) is 3.12. The van der Waals surface area contributed by atoms with E-state index in [1.54, 1.807) is 12.1 Å². The second-order valence-electron chi connectivity index (χ2n) is 5.21. The smallest absolute Gasteiger partial charge is 0.123 e. The van der Waals surface area contributed by atoms with Crippen LogP contribution in [0.5, 0.6) is 0 Å². The van der Waals surface area contributed by atoms with Crippen molar-refractivity contribution >= 4 is 0 Å². The third kappa shape index (κ3) is 3.53. The zero-order valence-corrected chi connectivity index (χ0v) is 11.3. The van der Waals surface area contributed by atoms with E-state index in [4.69, 9.17) is 5.73 Å². The van der Waals surface area contributed by atoms with Crippen LogP contribution in [-0.4, -0.2) is 35.7 Å². The van der Waals surface area contributed by atoms with Crippen molar-refractivity contribution in [2.45, 2.75) is 37.8 Å². The largest absolute Gasteiger partial charge is 0.395 e. The number of hydrogen-bond acceptors (Lipinski definition) is 3. The van der Waals surface area contributed by atoms with E-state index in [1.165, 1.54) is 18.9 Å². The maximum absolute atomic E-state index is 13.4. The second-order valence-corrected chi connectivity index (χ2v) is 5.21. The van der Waals surface area contributed by atoms with Crippen LogP contribution in [0.2, 0.25) is 0 Å². The van der Waals surface area contributed by atoms with Crippen molar-refractivity contribution in [2.24, 2.45) is 5.73 Å². The molecular weight excluding hydrogens is 243 g/mol. The fraction of sp³-hybridized carbons (Fsp3) is 0.600. The van der Waals surface area contributed by atoms with Crippen molar-refractivity contribution in [3.8, 4) is 0 Å². The first-order chi connectivity index (χ1) is 9.26. The van der Waals surface area contributed by atoms with E-state index in [2.05, 4.69) is 4.90 Å². The number of halogens is 1. The number of nitrogens with two attached hydrogens (primary N) is 1. The van der Waals surface area contributed by atoms with Crippen LogP contribution in [0.4, 0.5) is 4.39 Å². The summed E-state index contributed by atoms with van der Waals surface area (Å²) in [6.45, 7) is 1.16. The highest BCUT2D eigenvalue weighted by molar-refractivity contribution is 5.21. The average molecular weight is 266 g/mol. The van der Waals surface area contributed by atoms with Gasteiger partial charge in [0.15, 0.2) is 0 Å². The van der Waals surface area contributed by atoms with Gasteiger partial charge in [0.05, 0.1) is 6.61 Å². The molecule has 0 spiro atoms. The monoisotopic (exact) mass is 266 g/mol. The summed E-state index contributed by atoms with van der Waals surface area (Å²) in [6.07, 6.45) is 4.75. The summed E-state index contributed by atoms with van der Waals surface area (Å²) < 4.78 is 13.4. The van der Waals surface area contributed by atoms with Crippen LogP contribution in [0, 0.1) is 5.82 Å². The minimum atomic E-state index is -0.230. The Morgan fingerprint density at radius 3 is 2.68 bits per heavy atom. The van der Waals surface area contributed by atoms with Gasteiger partial charge in [-0.15, -0.1) is 0 Å². The van der Waals surface area contributed by atoms with Crippen LogP contribution in [0.15, 0.2) is 24.3 Å². The van der Waals surface area contributed by atoms with Gasteiger partial charge in [-0.3, -0.25) is 4.90 Å². The zero-order valence-electron chi connectivity index (χ0n) is 11.3. The first kappa shape index (κ1) is 14.4. The van der Waals surface area contributed by atoms with E-state index >= 15 is 0 Å². The Morgan fingerprint density at radius 1 is 1.37 bits per heavy atom. The number of nitrogens with zero attached hydrogens (tertiary/aromatic N) is 1. The van der Waals surface area contributed by atoms with Gasteiger partial charge in [-0.1, -0.05) is 25.0 Å². The molecule has 1 aliphatic carbocycles. The summed E-state index contributed by atoms with van der Waals surface area (Å²) in [7, 11) is 0. The molecule has 0 radical (unpaired) electrons. The summed E-state index contributed by atoms with van der Waals surface area (Å²) >= 11 is 0. The molecule has 1 fully saturated rings. The van der Waals surface area contributed by atoms with E-state index in [0.717, 1.165) is 18.4 Å². The highest BCUT2D eigenvalue weighted by Crippen LogP contribution is 2.30. The highest BCUT2D eigenvalue weighted by Gasteiger charge is 2.28. The molecule has 4 heteroatoms. The standard InChI is InChI=1S/C15H23FN2O/c16-13-5-3-4-12(10-13)15(11-17)18(8-9-19)14-6-1-2-7-14/h3-5,10,14-15,19H,1-2,6-9,11,17H2. The molecule has 0 heterocycles. The quantitative estimate of drug-likeness (QED) is 0.828. The van der Waals surface area contributed by atoms with Gasteiger partial charge in [-0.05, 0) is 30.5 Å². The molecule has 19 heavy (non-hydrogen) atoms. The predicted octanol–water partition coefficient (Wildman–Crippen LogP) is 2.06. The highest BCUT2D eigenvalue weighted by atomic mass is 19.1. The third-order valence-electron chi connectivity index (χ3n) is 4.01. The van der Waals surface area contributed by atoms with Crippen molar-refractivity contribution in [2.75, 3.05) is 19.7 Å². The molecule has 3 nitrogen and oxygen atoms in total. The lowest BCUT2D eigenvalue weighted by molar-refractivity contribution is 0.107. The van der Waals surface area contributed by atoms with Crippen molar-refractivity contribution in [3.05, 3.63) is 35.6 Å². The van der Waals surface area contributed by atoms with Gasteiger partial charge in [0.25, 0.3) is 0 Å². The first-order valence-electron chi connectivity index (χ1n) is 7.08. The molecule has 0 amide bonds. The van der Waals surface area contributed by atoms with Crippen LogP contribution < -0.4 is 5.73 Å². The normalized spacial score (nSPS) is 18.1. The van der Waals surface area contributed by atoms with E-state index in [0.29, 0.717) is 19.1 Å². The summed E-state index contributed by atoms with van der Waals surface area (Å²) in [5, 5.41) is 9.29. The number of aliphatic hydroxyl groups is 1. The molecule has 106 valence electrons. The summed E-state index contributed by atoms with van der Waals surface area (Å²) in [5.41, 5.74) is 6.81. The van der Waals surface area contributed by atoms with Crippen LogP contribution >= 0.6 is 0 Å². The predicted molar refractivity (Wildman–Crippen MR) is 74.2 cm³/mol. The molecule has 3 N–H and O–H groups in total. The Balaban J connectivity index is 2.20. The van der Waals surface area contributed by atoms with E-state index in [9.17, 15) is 9.50 Å². The third-order valence-corrected chi connectivity index (χ3v) is 4.01.